The molecule has 5 heteroatoms. The highest BCUT2D eigenvalue weighted by Crippen LogP contribution is 2.35. The number of hydrogen-bond acceptors (Lipinski definition) is 4. The van der Waals surface area contributed by atoms with E-state index in [1.54, 1.807) is 19.2 Å². The van der Waals surface area contributed by atoms with Crippen LogP contribution in [-0.4, -0.2) is 13.0 Å². The highest BCUT2D eigenvalue weighted by Gasteiger charge is 2.17. The largest absolute Gasteiger partial charge is 0.497 e. The Labute approximate surface area is 122 Å². The Balaban J connectivity index is 1.90. The number of carbonyl (C=O) groups is 1. The van der Waals surface area contributed by atoms with Gasteiger partial charge in [0.15, 0.2) is 5.75 Å². The van der Waals surface area contributed by atoms with Crippen molar-refractivity contribution in [1.82, 2.24) is 0 Å². The molecule has 0 fully saturated rings. The fraction of sp³-hybridized carbons (Fsp3) is 0.188. The predicted molar refractivity (Wildman–Crippen MR) is 80.9 cm³/mol. The van der Waals surface area contributed by atoms with Crippen LogP contribution in [0.4, 0.5) is 11.4 Å². The van der Waals surface area contributed by atoms with E-state index >= 15 is 0 Å². The number of carbonyl (C=O) groups excluding carboxylic acids is 1. The van der Waals surface area contributed by atoms with Crippen LogP contribution < -0.4 is 20.5 Å². The highest BCUT2D eigenvalue weighted by atomic mass is 16.5. The van der Waals surface area contributed by atoms with Crippen molar-refractivity contribution in [1.29, 1.82) is 0 Å². The lowest BCUT2D eigenvalue weighted by atomic mass is 10.0. The minimum Gasteiger partial charge on any atom is -0.497 e. The summed E-state index contributed by atoms with van der Waals surface area (Å²) in [5.41, 5.74) is 8.28. The summed E-state index contributed by atoms with van der Waals surface area (Å²) in [5, 5.41) is 2.82. The molecular weight excluding hydrogens is 268 g/mol. The molecule has 0 saturated carbocycles. The number of fused-ring (bicyclic) bond motifs is 1. The standard InChI is InChI=1S/C16H16N2O3/c1-20-11-3-2-4-12(8-11)21-15-7-10-5-6-16(19)18-14(10)9-13(15)17/h2-4,7-9H,5-6,17H2,1H3,(H,18,19). The van der Waals surface area contributed by atoms with Crippen molar-refractivity contribution >= 4 is 17.3 Å². The molecule has 5 nitrogen and oxygen atoms in total. The first kappa shape index (κ1) is 13.3. The molecule has 1 amide bonds. The maximum absolute atomic E-state index is 11.4. The van der Waals surface area contributed by atoms with E-state index in [1.165, 1.54) is 0 Å². The molecule has 0 aromatic heterocycles. The molecule has 2 aromatic carbocycles. The lowest BCUT2D eigenvalue weighted by Gasteiger charge is -2.19. The van der Waals surface area contributed by atoms with Crippen LogP contribution in [0.15, 0.2) is 36.4 Å². The zero-order chi connectivity index (χ0) is 14.8. The van der Waals surface area contributed by atoms with Gasteiger partial charge in [0.2, 0.25) is 5.91 Å². The van der Waals surface area contributed by atoms with E-state index in [1.807, 2.05) is 24.3 Å². The van der Waals surface area contributed by atoms with Gasteiger partial charge in [-0.1, -0.05) is 6.07 Å². The van der Waals surface area contributed by atoms with Gasteiger partial charge in [-0.25, -0.2) is 0 Å². The third-order valence-electron chi connectivity index (χ3n) is 3.40. The number of aryl methyl sites for hydroxylation is 1. The number of methoxy groups -OCH3 is 1. The summed E-state index contributed by atoms with van der Waals surface area (Å²) in [6, 6.07) is 10.9. The van der Waals surface area contributed by atoms with Gasteiger partial charge in [-0.2, -0.15) is 0 Å². The maximum atomic E-state index is 11.4. The summed E-state index contributed by atoms with van der Waals surface area (Å²) in [6.45, 7) is 0. The Morgan fingerprint density at radius 3 is 2.76 bits per heavy atom. The monoisotopic (exact) mass is 284 g/mol. The second-order valence-electron chi connectivity index (χ2n) is 4.88. The third-order valence-corrected chi connectivity index (χ3v) is 3.40. The minimum atomic E-state index is 0.0170. The van der Waals surface area contributed by atoms with E-state index in [4.69, 9.17) is 15.2 Å². The van der Waals surface area contributed by atoms with Gasteiger partial charge in [-0.3, -0.25) is 4.79 Å². The quantitative estimate of drug-likeness (QED) is 0.850. The Kier molecular flexibility index (Phi) is 3.39. The number of rotatable bonds is 3. The van der Waals surface area contributed by atoms with Crippen LogP contribution in [0.3, 0.4) is 0 Å². The molecule has 0 atom stereocenters. The van der Waals surface area contributed by atoms with Crippen molar-refractivity contribution < 1.29 is 14.3 Å². The lowest BCUT2D eigenvalue weighted by Crippen LogP contribution is -2.19. The fourth-order valence-electron chi connectivity index (χ4n) is 2.30. The third kappa shape index (κ3) is 2.76. The first-order valence-electron chi connectivity index (χ1n) is 6.70. The molecule has 0 aliphatic carbocycles. The topological polar surface area (TPSA) is 73.6 Å². The first-order chi connectivity index (χ1) is 10.2. The van der Waals surface area contributed by atoms with Crippen LogP contribution in [0.1, 0.15) is 12.0 Å². The number of nitrogen functional groups attached to an aromatic ring is 1. The zero-order valence-corrected chi connectivity index (χ0v) is 11.7. The van der Waals surface area contributed by atoms with Gasteiger partial charge < -0.3 is 20.5 Å². The second-order valence-corrected chi connectivity index (χ2v) is 4.88. The molecule has 2 aromatic rings. The number of nitrogens with one attached hydrogen (secondary N) is 1. The van der Waals surface area contributed by atoms with Gasteiger partial charge >= 0.3 is 0 Å². The van der Waals surface area contributed by atoms with E-state index in [0.717, 1.165) is 17.0 Å². The molecule has 0 unspecified atom stereocenters. The molecule has 1 aliphatic rings. The van der Waals surface area contributed by atoms with Crippen LogP contribution in [0.2, 0.25) is 0 Å². The van der Waals surface area contributed by atoms with Crippen LogP contribution >= 0.6 is 0 Å². The minimum absolute atomic E-state index is 0.0170. The van der Waals surface area contributed by atoms with Crippen molar-refractivity contribution in [2.75, 3.05) is 18.2 Å². The van der Waals surface area contributed by atoms with E-state index < -0.39 is 0 Å². The molecule has 0 spiro atoms. The van der Waals surface area contributed by atoms with Gasteiger partial charge in [-0.15, -0.1) is 0 Å². The summed E-state index contributed by atoms with van der Waals surface area (Å²) in [5.74, 6) is 1.97. The van der Waals surface area contributed by atoms with Crippen molar-refractivity contribution in [3.8, 4) is 17.2 Å². The van der Waals surface area contributed by atoms with Gasteiger partial charge in [0.1, 0.15) is 11.5 Å². The highest BCUT2D eigenvalue weighted by molar-refractivity contribution is 5.94. The number of amides is 1. The average molecular weight is 284 g/mol. The molecular formula is C16H16N2O3. The number of ether oxygens (including phenoxy) is 2. The number of anilines is 2. The van der Waals surface area contributed by atoms with E-state index in [0.29, 0.717) is 30.0 Å². The zero-order valence-electron chi connectivity index (χ0n) is 11.7. The summed E-state index contributed by atoms with van der Waals surface area (Å²) < 4.78 is 11.0. The van der Waals surface area contributed by atoms with Crippen LogP contribution in [0, 0.1) is 0 Å². The summed E-state index contributed by atoms with van der Waals surface area (Å²) in [4.78, 5) is 11.4. The summed E-state index contributed by atoms with van der Waals surface area (Å²) in [6.07, 6.45) is 1.17. The Morgan fingerprint density at radius 1 is 1.14 bits per heavy atom. The van der Waals surface area contributed by atoms with Gasteiger partial charge in [0, 0.05) is 18.2 Å². The number of hydrogen-bond donors (Lipinski definition) is 2. The molecule has 0 bridgehead atoms. The normalized spacial score (nSPS) is 13.3. The lowest BCUT2D eigenvalue weighted by molar-refractivity contribution is -0.116. The second kappa shape index (κ2) is 5.36. The molecule has 1 heterocycles. The van der Waals surface area contributed by atoms with Gasteiger partial charge in [0.25, 0.3) is 0 Å². The Bertz CT molecular complexity index is 698. The molecule has 21 heavy (non-hydrogen) atoms. The van der Waals surface area contributed by atoms with Crippen molar-refractivity contribution in [3.63, 3.8) is 0 Å². The smallest absolute Gasteiger partial charge is 0.224 e. The number of nitrogens with two attached hydrogens (primary N) is 1. The predicted octanol–water partition coefficient (Wildman–Crippen LogP) is 2.95. The van der Waals surface area contributed by atoms with Crippen LogP contribution in [0.5, 0.6) is 17.2 Å². The van der Waals surface area contributed by atoms with Crippen LogP contribution in [-0.2, 0) is 11.2 Å². The summed E-state index contributed by atoms with van der Waals surface area (Å²) >= 11 is 0. The summed E-state index contributed by atoms with van der Waals surface area (Å²) in [7, 11) is 1.61. The van der Waals surface area contributed by atoms with Crippen LogP contribution in [0.25, 0.3) is 0 Å². The molecule has 1 aliphatic heterocycles. The molecule has 3 N–H and O–H groups in total. The first-order valence-corrected chi connectivity index (χ1v) is 6.70. The number of benzene rings is 2. The molecule has 108 valence electrons. The Hall–Kier alpha value is -2.69. The van der Waals surface area contributed by atoms with E-state index in [2.05, 4.69) is 5.32 Å². The van der Waals surface area contributed by atoms with Crippen molar-refractivity contribution in [2.24, 2.45) is 0 Å². The average Bonchev–Trinajstić information content (AvgIpc) is 2.48. The van der Waals surface area contributed by atoms with Crippen molar-refractivity contribution in [3.05, 3.63) is 42.0 Å². The fourth-order valence-corrected chi connectivity index (χ4v) is 2.30. The molecule has 0 radical (unpaired) electrons. The molecule has 3 rings (SSSR count). The Morgan fingerprint density at radius 2 is 1.95 bits per heavy atom. The van der Waals surface area contributed by atoms with Gasteiger partial charge in [0.05, 0.1) is 12.8 Å². The van der Waals surface area contributed by atoms with Gasteiger partial charge in [-0.05, 0) is 36.2 Å². The molecule has 0 saturated heterocycles. The SMILES string of the molecule is COc1cccc(Oc2cc3c(cc2N)NC(=O)CC3)c1. The maximum Gasteiger partial charge on any atom is 0.224 e. The van der Waals surface area contributed by atoms with E-state index in [-0.39, 0.29) is 5.91 Å². The van der Waals surface area contributed by atoms with Crippen molar-refractivity contribution in [2.45, 2.75) is 12.8 Å². The van der Waals surface area contributed by atoms with E-state index in [9.17, 15) is 4.79 Å².